The zero-order chi connectivity index (χ0) is 14.5. The molecule has 1 aliphatic heterocycles. The summed E-state index contributed by atoms with van der Waals surface area (Å²) in [6, 6.07) is 7.91. The van der Waals surface area contributed by atoms with Crippen molar-refractivity contribution in [3.05, 3.63) is 29.8 Å². The molecule has 20 heavy (non-hydrogen) atoms. The van der Waals surface area contributed by atoms with E-state index in [1.807, 2.05) is 12.1 Å². The van der Waals surface area contributed by atoms with Gasteiger partial charge in [-0.25, -0.2) is 4.79 Å². The molecule has 1 aliphatic rings. The number of esters is 1. The molecule has 0 aromatic heterocycles. The number of rotatable bonds is 4. The molecule has 1 aromatic carbocycles. The third kappa shape index (κ3) is 3.73. The van der Waals surface area contributed by atoms with Gasteiger partial charge in [-0.3, -0.25) is 0 Å². The summed E-state index contributed by atoms with van der Waals surface area (Å²) in [4.78, 5) is 13.8. The van der Waals surface area contributed by atoms with Crippen molar-refractivity contribution in [3.8, 4) is 0 Å². The largest absolute Gasteiger partial charge is 0.465 e. The third-order valence-corrected chi connectivity index (χ3v) is 4.07. The maximum Gasteiger partial charge on any atom is 0.337 e. The number of nitrogens with zero attached hydrogens (tertiary/aromatic N) is 1. The molecule has 2 atom stereocenters. The van der Waals surface area contributed by atoms with Crippen LogP contribution in [0.25, 0.3) is 0 Å². The van der Waals surface area contributed by atoms with Gasteiger partial charge >= 0.3 is 5.97 Å². The van der Waals surface area contributed by atoms with Crippen molar-refractivity contribution in [3.63, 3.8) is 0 Å². The molecule has 110 valence electrons. The zero-order valence-corrected chi connectivity index (χ0v) is 12.6. The number of benzene rings is 1. The lowest BCUT2D eigenvalue weighted by Gasteiger charge is -2.34. The van der Waals surface area contributed by atoms with Crippen molar-refractivity contribution < 1.29 is 9.53 Å². The number of carbonyl (C=O) groups is 1. The van der Waals surface area contributed by atoms with Crippen LogP contribution in [0.1, 0.15) is 30.1 Å². The van der Waals surface area contributed by atoms with Crippen LogP contribution in [-0.2, 0) is 4.74 Å². The number of likely N-dealkylation sites (tertiary alicyclic amines) is 1. The van der Waals surface area contributed by atoms with Gasteiger partial charge in [0, 0.05) is 18.3 Å². The molecule has 0 spiro atoms. The van der Waals surface area contributed by atoms with Crippen LogP contribution in [0, 0.1) is 5.92 Å². The van der Waals surface area contributed by atoms with Crippen molar-refractivity contribution >= 4 is 11.7 Å². The average molecular weight is 276 g/mol. The molecule has 0 saturated carbocycles. The molecule has 1 N–H and O–H groups in total. The first-order valence-corrected chi connectivity index (χ1v) is 7.23. The summed E-state index contributed by atoms with van der Waals surface area (Å²) >= 11 is 0. The Balaban J connectivity index is 1.93. The predicted molar refractivity (Wildman–Crippen MR) is 81.1 cm³/mol. The van der Waals surface area contributed by atoms with E-state index in [9.17, 15) is 4.79 Å². The minimum absolute atomic E-state index is 0.293. The number of anilines is 1. The molecule has 0 aliphatic carbocycles. The van der Waals surface area contributed by atoms with E-state index in [4.69, 9.17) is 4.74 Å². The molecular formula is C16H24N2O2. The van der Waals surface area contributed by atoms with Crippen LogP contribution >= 0.6 is 0 Å². The summed E-state index contributed by atoms with van der Waals surface area (Å²) in [7, 11) is 3.58. The monoisotopic (exact) mass is 276 g/mol. The van der Waals surface area contributed by atoms with E-state index in [2.05, 4.69) is 24.2 Å². The van der Waals surface area contributed by atoms with Crippen LogP contribution in [0.2, 0.25) is 0 Å². The minimum Gasteiger partial charge on any atom is -0.465 e. The van der Waals surface area contributed by atoms with E-state index in [-0.39, 0.29) is 5.97 Å². The molecular weight excluding hydrogens is 252 g/mol. The first kappa shape index (κ1) is 14.9. The first-order chi connectivity index (χ1) is 9.60. The van der Waals surface area contributed by atoms with Crippen LogP contribution in [0.15, 0.2) is 24.3 Å². The average Bonchev–Trinajstić information content (AvgIpc) is 2.47. The van der Waals surface area contributed by atoms with E-state index in [1.165, 1.54) is 26.5 Å². The van der Waals surface area contributed by atoms with E-state index < -0.39 is 0 Å². The second-order valence-electron chi connectivity index (χ2n) is 5.67. The van der Waals surface area contributed by atoms with Crippen molar-refractivity contribution in [2.24, 2.45) is 5.92 Å². The lowest BCUT2D eigenvalue weighted by atomic mass is 9.91. The van der Waals surface area contributed by atoms with Gasteiger partial charge in [-0.2, -0.15) is 0 Å². The van der Waals surface area contributed by atoms with Gasteiger partial charge in [-0.1, -0.05) is 0 Å². The number of ether oxygens (including phenoxy) is 1. The van der Waals surface area contributed by atoms with Gasteiger partial charge in [0.2, 0.25) is 0 Å². The van der Waals surface area contributed by atoms with Gasteiger partial charge in [0.15, 0.2) is 0 Å². The van der Waals surface area contributed by atoms with Crippen LogP contribution in [0.4, 0.5) is 5.69 Å². The SMILES string of the molecule is COC(=O)c1ccc(NC(C)C2CCCN(C)C2)cc1. The molecule has 2 rings (SSSR count). The maximum absolute atomic E-state index is 11.4. The molecule has 2 unspecified atom stereocenters. The topological polar surface area (TPSA) is 41.6 Å². The summed E-state index contributed by atoms with van der Waals surface area (Å²) in [5, 5.41) is 3.54. The summed E-state index contributed by atoms with van der Waals surface area (Å²) < 4.78 is 4.70. The standard InChI is InChI=1S/C16H24N2O2/c1-12(14-5-4-10-18(2)11-14)17-15-8-6-13(7-9-15)16(19)20-3/h6-9,12,14,17H,4-5,10-11H2,1-3H3. The van der Waals surface area contributed by atoms with Gasteiger partial charge in [0.05, 0.1) is 12.7 Å². The Bertz CT molecular complexity index is 444. The lowest BCUT2D eigenvalue weighted by Crippen LogP contribution is -2.39. The molecule has 4 heteroatoms. The van der Waals surface area contributed by atoms with Gasteiger partial charge in [0.1, 0.15) is 0 Å². The Morgan fingerprint density at radius 3 is 2.70 bits per heavy atom. The predicted octanol–water partition coefficient (Wildman–Crippen LogP) is 2.62. The zero-order valence-electron chi connectivity index (χ0n) is 12.6. The Labute approximate surface area is 121 Å². The number of hydrogen-bond donors (Lipinski definition) is 1. The Hall–Kier alpha value is -1.55. The van der Waals surface area contributed by atoms with Crippen molar-refractivity contribution in [2.45, 2.75) is 25.8 Å². The summed E-state index contributed by atoms with van der Waals surface area (Å²) in [5.74, 6) is 0.382. The molecule has 0 radical (unpaired) electrons. The number of nitrogens with one attached hydrogen (secondary N) is 1. The molecule has 1 saturated heterocycles. The quantitative estimate of drug-likeness (QED) is 0.858. The third-order valence-electron chi connectivity index (χ3n) is 4.07. The molecule has 0 bridgehead atoms. The summed E-state index contributed by atoms with van der Waals surface area (Å²) in [5.41, 5.74) is 1.64. The van der Waals surface area contributed by atoms with E-state index >= 15 is 0 Å². The number of methoxy groups -OCH3 is 1. The van der Waals surface area contributed by atoms with Gasteiger partial charge in [-0.05, 0) is 63.5 Å². The fourth-order valence-corrected chi connectivity index (χ4v) is 2.82. The van der Waals surface area contributed by atoms with E-state index in [1.54, 1.807) is 12.1 Å². The molecule has 1 fully saturated rings. The normalized spacial score (nSPS) is 21.2. The summed E-state index contributed by atoms with van der Waals surface area (Å²) in [6.45, 7) is 4.59. The number of piperidine rings is 1. The van der Waals surface area contributed by atoms with Crippen LogP contribution in [-0.4, -0.2) is 44.2 Å². The van der Waals surface area contributed by atoms with Gasteiger partial charge in [0.25, 0.3) is 0 Å². The highest BCUT2D eigenvalue weighted by molar-refractivity contribution is 5.89. The second-order valence-corrected chi connectivity index (χ2v) is 5.67. The van der Waals surface area contributed by atoms with Gasteiger partial charge in [-0.15, -0.1) is 0 Å². The minimum atomic E-state index is -0.293. The maximum atomic E-state index is 11.4. The van der Waals surface area contributed by atoms with E-state index in [0.29, 0.717) is 17.5 Å². The van der Waals surface area contributed by atoms with Gasteiger partial charge < -0.3 is 15.0 Å². The molecule has 1 heterocycles. The van der Waals surface area contributed by atoms with Crippen LogP contribution in [0.5, 0.6) is 0 Å². The highest BCUT2D eigenvalue weighted by atomic mass is 16.5. The van der Waals surface area contributed by atoms with E-state index in [0.717, 1.165) is 12.2 Å². The van der Waals surface area contributed by atoms with Crippen molar-refractivity contribution in [1.29, 1.82) is 0 Å². The fourth-order valence-electron chi connectivity index (χ4n) is 2.82. The fraction of sp³-hybridized carbons (Fsp3) is 0.562. The van der Waals surface area contributed by atoms with Crippen molar-refractivity contribution in [2.75, 3.05) is 32.6 Å². The Morgan fingerprint density at radius 1 is 1.40 bits per heavy atom. The molecule has 1 aromatic rings. The Kier molecular flexibility index (Phi) is 5.01. The Morgan fingerprint density at radius 2 is 2.10 bits per heavy atom. The lowest BCUT2D eigenvalue weighted by molar-refractivity contribution is 0.0601. The number of hydrogen-bond acceptors (Lipinski definition) is 4. The molecule has 0 amide bonds. The van der Waals surface area contributed by atoms with Crippen LogP contribution in [0.3, 0.4) is 0 Å². The molecule has 4 nitrogen and oxygen atoms in total. The summed E-state index contributed by atoms with van der Waals surface area (Å²) in [6.07, 6.45) is 2.55. The second kappa shape index (κ2) is 6.75. The smallest absolute Gasteiger partial charge is 0.337 e. The first-order valence-electron chi connectivity index (χ1n) is 7.23. The highest BCUT2D eigenvalue weighted by Gasteiger charge is 2.22. The highest BCUT2D eigenvalue weighted by Crippen LogP contribution is 2.22. The van der Waals surface area contributed by atoms with Crippen molar-refractivity contribution in [1.82, 2.24) is 4.90 Å². The number of carbonyl (C=O) groups excluding carboxylic acids is 1. The van der Waals surface area contributed by atoms with Crippen LogP contribution < -0.4 is 5.32 Å².